The van der Waals surface area contributed by atoms with E-state index in [0.29, 0.717) is 24.1 Å². The Morgan fingerprint density at radius 2 is 1.73 bits per heavy atom. The Balaban J connectivity index is 1.65. The fourth-order valence-corrected chi connectivity index (χ4v) is 3.73. The van der Waals surface area contributed by atoms with Gasteiger partial charge in [0, 0.05) is 5.69 Å². The predicted molar refractivity (Wildman–Crippen MR) is 115 cm³/mol. The molecule has 0 unspecified atom stereocenters. The molecular weight excluding hydrogens is 378 g/mol. The lowest BCUT2D eigenvalue weighted by Gasteiger charge is -2.31. The number of benzene rings is 2. The van der Waals surface area contributed by atoms with Gasteiger partial charge < -0.3 is 15.4 Å². The third-order valence-electron chi connectivity index (χ3n) is 5.66. The van der Waals surface area contributed by atoms with Crippen LogP contribution in [0.4, 0.5) is 11.4 Å². The molecule has 1 aliphatic rings. The standard InChI is InChI=1S/C24H27N3O3/c1-17-9-8-12-20(18(17)2)26-21-11-5-4-10-19(21)23(29)30-15-22(28)27-24(16-25)13-6-3-7-14-24/h4-5,8-12,26H,3,6-7,13-15H2,1-2H3,(H,27,28). The number of amides is 1. The topological polar surface area (TPSA) is 91.2 Å². The van der Waals surface area contributed by atoms with Crippen molar-refractivity contribution >= 4 is 23.3 Å². The number of anilines is 2. The van der Waals surface area contributed by atoms with Crippen LogP contribution in [0, 0.1) is 25.2 Å². The molecular formula is C24H27N3O3. The van der Waals surface area contributed by atoms with Crippen molar-refractivity contribution < 1.29 is 14.3 Å². The van der Waals surface area contributed by atoms with Gasteiger partial charge in [0.15, 0.2) is 6.61 Å². The number of hydrogen-bond donors (Lipinski definition) is 2. The highest BCUT2D eigenvalue weighted by Gasteiger charge is 2.33. The Hall–Kier alpha value is -3.33. The molecule has 30 heavy (non-hydrogen) atoms. The highest BCUT2D eigenvalue weighted by atomic mass is 16.5. The molecule has 0 radical (unpaired) electrons. The zero-order valence-electron chi connectivity index (χ0n) is 17.5. The fraction of sp³-hybridized carbons (Fsp3) is 0.375. The van der Waals surface area contributed by atoms with Gasteiger partial charge in [-0.2, -0.15) is 5.26 Å². The highest BCUT2D eigenvalue weighted by Crippen LogP contribution is 2.28. The van der Waals surface area contributed by atoms with Crippen LogP contribution in [0.25, 0.3) is 0 Å². The molecule has 1 amide bonds. The van der Waals surface area contributed by atoms with Crippen LogP contribution in [-0.4, -0.2) is 24.0 Å². The monoisotopic (exact) mass is 405 g/mol. The lowest BCUT2D eigenvalue weighted by atomic mass is 9.83. The van der Waals surface area contributed by atoms with Gasteiger partial charge in [-0.3, -0.25) is 4.79 Å². The van der Waals surface area contributed by atoms with Crippen LogP contribution >= 0.6 is 0 Å². The van der Waals surface area contributed by atoms with Crippen molar-refractivity contribution in [1.29, 1.82) is 5.26 Å². The van der Waals surface area contributed by atoms with E-state index in [1.165, 1.54) is 0 Å². The molecule has 2 aromatic rings. The number of aryl methyl sites for hydroxylation is 1. The average molecular weight is 405 g/mol. The van der Waals surface area contributed by atoms with Crippen molar-refractivity contribution in [3.63, 3.8) is 0 Å². The number of ether oxygens (including phenoxy) is 1. The van der Waals surface area contributed by atoms with Crippen molar-refractivity contribution in [2.75, 3.05) is 11.9 Å². The van der Waals surface area contributed by atoms with Crippen LogP contribution in [0.15, 0.2) is 42.5 Å². The summed E-state index contributed by atoms with van der Waals surface area (Å²) in [5.41, 5.74) is 3.25. The minimum absolute atomic E-state index is 0.346. The number of esters is 1. The maximum atomic E-state index is 12.6. The van der Waals surface area contributed by atoms with Gasteiger partial charge in [-0.15, -0.1) is 0 Å². The Morgan fingerprint density at radius 3 is 2.47 bits per heavy atom. The summed E-state index contributed by atoms with van der Waals surface area (Å²) in [5, 5.41) is 15.5. The second-order valence-electron chi connectivity index (χ2n) is 7.80. The summed E-state index contributed by atoms with van der Waals surface area (Å²) in [6.45, 7) is 3.62. The Kier molecular flexibility index (Phi) is 6.73. The summed E-state index contributed by atoms with van der Waals surface area (Å²) in [5.74, 6) is -1.04. The first-order valence-electron chi connectivity index (χ1n) is 10.3. The largest absolute Gasteiger partial charge is 0.452 e. The first kappa shape index (κ1) is 21.4. The van der Waals surface area contributed by atoms with E-state index in [1.54, 1.807) is 18.2 Å². The quantitative estimate of drug-likeness (QED) is 0.688. The number of carbonyl (C=O) groups is 2. The zero-order valence-corrected chi connectivity index (χ0v) is 17.5. The van der Waals surface area contributed by atoms with Crippen LogP contribution in [-0.2, 0) is 9.53 Å². The van der Waals surface area contributed by atoms with Crippen molar-refractivity contribution in [2.24, 2.45) is 0 Å². The molecule has 0 saturated heterocycles. The molecule has 2 aromatic carbocycles. The van der Waals surface area contributed by atoms with E-state index < -0.39 is 24.0 Å². The first-order chi connectivity index (χ1) is 14.4. The Morgan fingerprint density at radius 1 is 1.03 bits per heavy atom. The van der Waals surface area contributed by atoms with Crippen molar-refractivity contribution in [3.8, 4) is 6.07 Å². The number of rotatable bonds is 6. The molecule has 6 heteroatoms. The van der Waals surface area contributed by atoms with Gasteiger partial charge in [0.25, 0.3) is 5.91 Å². The molecule has 0 aliphatic heterocycles. The van der Waals surface area contributed by atoms with Gasteiger partial charge in [0.05, 0.1) is 17.3 Å². The normalized spacial score (nSPS) is 15.0. The number of nitrogens with one attached hydrogen (secondary N) is 2. The molecule has 0 spiro atoms. The molecule has 1 saturated carbocycles. The van der Waals surface area contributed by atoms with Crippen LogP contribution in [0.2, 0.25) is 0 Å². The summed E-state index contributed by atoms with van der Waals surface area (Å²) in [4.78, 5) is 25.0. The molecule has 1 fully saturated rings. The van der Waals surface area contributed by atoms with E-state index in [9.17, 15) is 14.9 Å². The lowest BCUT2D eigenvalue weighted by molar-refractivity contribution is -0.125. The second-order valence-corrected chi connectivity index (χ2v) is 7.80. The van der Waals surface area contributed by atoms with Gasteiger partial charge in [-0.1, -0.05) is 43.5 Å². The zero-order chi connectivity index (χ0) is 21.6. The van der Waals surface area contributed by atoms with Crippen molar-refractivity contribution in [3.05, 3.63) is 59.2 Å². The van der Waals surface area contributed by atoms with Gasteiger partial charge in [0.2, 0.25) is 0 Å². The number of nitriles is 1. The molecule has 0 atom stereocenters. The van der Waals surface area contributed by atoms with Gasteiger partial charge >= 0.3 is 5.97 Å². The number of para-hydroxylation sites is 1. The molecule has 0 aromatic heterocycles. The number of hydrogen-bond acceptors (Lipinski definition) is 5. The Bertz CT molecular complexity index is 972. The van der Waals surface area contributed by atoms with E-state index in [0.717, 1.165) is 36.1 Å². The molecule has 0 heterocycles. The van der Waals surface area contributed by atoms with E-state index >= 15 is 0 Å². The minimum atomic E-state index is -0.843. The van der Waals surface area contributed by atoms with Crippen LogP contribution in [0.1, 0.15) is 53.6 Å². The second kappa shape index (κ2) is 9.45. The van der Waals surface area contributed by atoms with Gasteiger partial charge in [-0.05, 0) is 56.0 Å². The Labute approximate surface area is 177 Å². The summed E-state index contributed by atoms with van der Waals surface area (Å²) >= 11 is 0. The molecule has 1 aliphatic carbocycles. The van der Waals surface area contributed by atoms with Crippen LogP contribution in [0.5, 0.6) is 0 Å². The molecule has 3 rings (SSSR count). The molecule has 2 N–H and O–H groups in total. The van der Waals surface area contributed by atoms with Crippen molar-refractivity contribution in [2.45, 2.75) is 51.5 Å². The summed E-state index contributed by atoms with van der Waals surface area (Å²) < 4.78 is 5.25. The average Bonchev–Trinajstić information content (AvgIpc) is 2.76. The summed E-state index contributed by atoms with van der Waals surface area (Å²) in [7, 11) is 0. The maximum Gasteiger partial charge on any atom is 0.340 e. The van der Waals surface area contributed by atoms with Gasteiger partial charge in [-0.25, -0.2) is 4.79 Å². The number of nitrogens with zero attached hydrogens (tertiary/aromatic N) is 1. The van der Waals surface area contributed by atoms with Crippen LogP contribution < -0.4 is 10.6 Å². The summed E-state index contributed by atoms with van der Waals surface area (Å²) in [6, 6.07) is 15.2. The maximum absolute atomic E-state index is 12.6. The first-order valence-corrected chi connectivity index (χ1v) is 10.3. The van der Waals surface area contributed by atoms with E-state index in [1.807, 2.05) is 38.1 Å². The SMILES string of the molecule is Cc1cccc(Nc2ccccc2C(=O)OCC(=O)NC2(C#N)CCCCC2)c1C. The summed E-state index contributed by atoms with van der Waals surface area (Å²) in [6.07, 6.45) is 4.14. The third kappa shape index (κ3) is 4.98. The van der Waals surface area contributed by atoms with E-state index in [-0.39, 0.29) is 0 Å². The predicted octanol–water partition coefficient (Wildman–Crippen LogP) is 4.55. The van der Waals surface area contributed by atoms with Crippen LogP contribution in [0.3, 0.4) is 0 Å². The minimum Gasteiger partial charge on any atom is -0.452 e. The molecule has 156 valence electrons. The smallest absolute Gasteiger partial charge is 0.340 e. The lowest BCUT2D eigenvalue weighted by Crippen LogP contribution is -2.50. The van der Waals surface area contributed by atoms with Gasteiger partial charge in [0.1, 0.15) is 5.54 Å². The molecule has 6 nitrogen and oxygen atoms in total. The molecule has 0 bridgehead atoms. The van der Waals surface area contributed by atoms with E-state index in [2.05, 4.69) is 16.7 Å². The number of carbonyl (C=O) groups excluding carboxylic acids is 2. The fourth-order valence-electron chi connectivity index (χ4n) is 3.73. The van der Waals surface area contributed by atoms with Crippen molar-refractivity contribution in [1.82, 2.24) is 5.32 Å². The van der Waals surface area contributed by atoms with E-state index in [4.69, 9.17) is 4.74 Å². The highest BCUT2D eigenvalue weighted by molar-refractivity contribution is 5.97. The third-order valence-corrected chi connectivity index (χ3v) is 5.66.